The number of aliphatic hydroxyl groups excluding tert-OH is 1. The van der Waals surface area contributed by atoms with Gasteiger partial charge in [0.15, 0.2) is 0 Å². The molecule has 1 saturated heterocycles. The molecule has 3 amide bonds. The Bertz CT molecular complexity index is 611. The highest BCUT2D eigenvalue weighted by Gasteiger charge is 2.30. The maximum absolute atomic E-state index is 12.8. The molecule has 1 aromatic rings. The highest BCUT2D eigenvalue weighted by atomic mass is 16.3. The van der Waals surface area contributed by atoms with Gasteiger partial charge in [0.05, 0.1) is 25.0 Å². The maximum Gasteiger partial charge on any atom is 0.319 e. The van der Waals surface area contributed by atoms with E-state index in [1.165, 1.54) is 0 Å². The predicted octanol–water partition coefficient (Wildman–Crippen LogP) is 0.133. The van der Waals surface area contributed by atoms with Gasteiger partial charge in [-0.3, -0.25) is 9.59 Å². The molecule has 10 nitrogen and oxygen atoms in total. The molecule has 152 valence electrons. The average molecular weight is 383 g/mol. The molecule has 3 N–H and O–H groups in total. The molecular formula is C17H29N5O5. The van der Waals surface area contributed by atoms with Crippen molar-refractivity contribution in [1.82, 2.24) is 24.7 Å². The number of aryl methyl sites for hydroxylation is 1. The zero-order valence-electron chi connectivity index (χ0n) is 16.1. The number of carbonyl (C=O) groups excluding carboxylic acids is 2. The number of carboxylic acid groups (broad SMARTS) is 1. The Labute approximate surface area is 158 Å². The van der Waals surface area contributed by atoms with Gasteiger partial charge in [-0.05, 0) is 19.8 Å². The van der Waals surface area contributed by atoms with Crippen molar-refractivity contribution in [1.29, 1.82) is 0 Å². The average Bonchev–Trinajstić information content (AvgIpc) is 3.05. The normalized spacial score (nSPS) is 14.1. The number of aromatic nitrogens is 2. The van der Waals surface area contributed by atoms with E-state index in [1.807, 2.05) is 6.92 Å². The second-order valence-corrected chi connectivity index (χ2v) is 6.52. The number of piperidine rings is 1. The lowest BCUT2D eigenvalue weighted by atomic mass is 9.95. The molecule has 0 bridgehead atoms. The number of hydrogen-bond donors (Lipinski definition) is 3. The van der Waals surface area contributed by atoms with Crippen LogP contribution in [0.5, 0.6) is 0 Å². The van der Waals surface area contributed by atoms with E-state index in [0.29, 0.717) is 39.0 Å². The molecule has 0 unspecified atom stereocenters. The first-order valence-corrected chi connectivity index (χ1v) is 8.78. The van der Waals surface area contributed by atoms with Crippen molar-refractivity contribution in [2.45, 2.75) is 26.3 Å². The number of H-pyrrole nitrogens is 1. The van der Waals surface area contributed by atoms with E-state index < -0.39 is 0 Å². The topological polar surface area (TPSA) is 130 Å². The number of urea groups is 1. The molecular weight excluding hydrogens is 354 g/mol. The lowest BCUT2D eigenvalue weighted by Crippen LogP contribution is -2.47. The van der Waals surface area contributed by atoms with Gasteiger partial charge in [-0.15, -0.1) is 0 Å². The van der Waals surface area contributed by atoms with Gasteiger partial charge in [-0.1, -0.05) is 0 Å². The highest BCUT2D eigenvalue weighted by molar-refractivity contribution is 5.79. The van der Waals surface area contributed by atoms with Gasteiger partial charge in [-0.25, -0.2) is 9.78 Å². The lowest BCUT2D eigenvalue weighted by Gasteiger charge is -2.35. The third kappa shape index (κ3) is 6.89. The quantitative estimate of drug-likeness (QED) is 0.620. The van der Waals surface area contributed by atoms with Crippen molar-refractivity contribution in [3.05, 3.63) is 17.7 Å². The van der Waals surface area contributed by atoms with Crippen molar-refractivity contribution in [2.24, 2.45) is 5.92 Å². The van der Waals surface area contributed by atoms with Crippen LogP contribution in [0.25, 0.3) is 0 Å². The van der Waals surface area contributed by atoms with Crippen LogP contribution in [-0.4, -0.2) is 93.6 Å². The fourth-order valence-corrected chi connectivity index (χ4v) is 3.00. The summed E-state index contributed by atoms with van der Waals surface area (Å²) in [5, 5.41) is 16.2. The molecule has 1 fully saturated rings. The summed E-state index contributed by atoms with van der Waals surface area (Å²) in [5.74, 6) is 0.733. The fraction of sp³-hybridized carbons (Fsp3) is 0.647. The van der Waals surface area contributed by atoms with E-state index in [9.17, 15) is 14.7 Å². The molecule has 2 heterocycles. The van der Waals surface area contributed by atoms with Gasteiger partial charge in [0.1, 0.15) is 5.82 Å². The Hall–Kier alpha value is -2.62. The Morgan fingerprint density at radius 3 is 2.41 bits per heavy atom. The molecule has 0 saturated carbocycles. The monoisotopic (exact) mass is 383 g/mol. The number of aromatic amines is 1. The molecule has 0 aliphatic carbocycles. The Balaban J connectivity index is 0.00000114. The zero-order valence-corrected chi connectivity index (χ0v) is 16.1. The van der Waals surface area contributed by atoms with Crippen LogP contribution in [0.15, 0.2) is 6.20 Å². The van der Waals surface area contributed by atoms with Crippen LogP contribution in [0.1, 0.15) is 24.4 Å². The summed E-state index contributed by atoms with van der Waals surface area (Å²) in [6.45, 7) is 3.42. The molecule has 10 heteroatoms. The summed E-state index contributed by atoms with van der Waals surface area (Å²) >= 11 is 0. The molecule has 1 aliphatic rings. The minimum absolute atomic E-state index is 0.0129. The summed E-state index contributed by atoms with van der Waals surface area (Å²) < 4.78 is 0. The van der Waals surface area contributed by atoms with E-state index in [1.54, 1.807) is 35.0 Å². The minimum atomic E-state index is -0.250. The fourth-order valence-electron chi connectivity index (χ4n) is 3.00. The number of hydrogen-bond acceptors (Lipinski definition) is 5. The Morgan fingerprint density at radius 1 is 1.37 bits per heavy atom. The molecule has 0 aromatic carbocycles. The summed E-state index contributed by atoms with van der Waals surface area (Å²) in [7, 11) is 3.46. The summed E-state index contributed by atoms with van der Waals surface area (Å²) in [6.07, 6.45) is 3.02. The Morgan fingerprint density at radius 2 is 1.96 bits per heavy atom. The first kappa shape index (κ1) is 22.4. The summed E-state index contributed by atoms with van der Waals surface area (Å²) in [6, 6.07) is -0.0129. The van der Waals surface area contributed by atoms with Crippen LogP contribution in [0.3, 0.4) is 0 Å². The van der Waals surface area contributed by atoms with Crippen molar-refractivity contribution < 1.29 is 24.6 Å². The molecule has 27 heavy (non-hydrogen) atoms. The van der Waals surface area contributed by atoms with E-state index in [-0.39, 0.29) is 30.9 Å². The number of nitrogens with zero attached hydrogens (tertiary/aromatic N) is 4. The van der Waals surface area contributed by atoms with Crippen molar-refractivity contribution in [2.75, 3.05) is 40.3 Å². The molecule has 0 spiro atoms. The third-order valence-electron chi connectivity index (χ3n) is 4.30. The largest absolute Gasteiger partial charge is 0.483 e. The highest BCUT2D eigenvalue weighted by Crippen LogP contribution is 2.21. The summed E-state index contributed by atoms with van der Waals surface area (Å²) in [4.78, 5) is 45.4. The van der Waals surface area contributed by atoms with Gasteiger partial charge in [0.25, 0.3) is 6.47 Å². The molecule has 0 atom stereocenters. The van der Waals surface area contributed by atoms with Crippen LogP contribution < -0.4 is 0 Å². The lowest BCUT2D eigenvalue weighted by molar-refractivity contribution is -0.138. The third-order valence-corrected chi connectivity index (χ3v) is 4.30. The number of imidazole rings is 1. The van der Waals surface area contributed by atoms with Crippen LogP contribution >= 0.6 is 0 Å². The maximum atomic E-state index is 12.8. The van der Waals surface area contributed by atoms with E-state index in [4.69, 9.17) is 9.90 Å². The molecule has 1 aromatic heterocycles. The van der Waals surface area contributed by atoms with Crippen molar-refractivity contribution in [3.63, 3.8) is 0 Å². The van der Waals surface area contributed by atoms with E-state index in [0.717, 1.165) is 11.5 Å². The smallest absolute Gasteiger partial charge is 0.319 e. The molecule has 2 rings (SSSR count). The van der Waals surface area contributed by atoms with Crippen molar-refractivity contribution in [3.8, 4) is 0 Å². The van der Waals surface area contributed by atoms with Crippen LogP contribution in [0.2, 0.25) is 0 Å². The molecule has 0 radical (unpaired) electrons. The second kappa shape index (κ2) is 11.2. The first-order chi connectivity index (χ1) is 12.8. The van der Waals surface area contributed by atoms with Crippen molar-refractivity contribution >= 4 is 18.4 Å². The van der Waals surface area contributed by atoms with Gasteiger partial charge < -0.3 is 29.9 Å². The predicted molar refractivity (Wildman–Crippen MR) is 97.9 cm³/mol. The van der Waals surface area contributed by atoms with Crippen LogP contribution in [-0.2, 0) is 16.1 Å². The van der Waals surface area contributed by atoms with Gasteiger partial charge in [0.2, 0.25) is 5.91 Å². The van der Waals surface area contributed by atoms with Gasteiger partial charge in [0, 0.05) is 39.6 Å². The van der Waals surface area contributed by atoms with Gasteiger partial charge in [-0.2, -0.15) is 0 Å². The van der Waals surface area contributed by atoms with Crippen LogP contribution in [0.4, 0.5) is 4.79 Å². The number of carbonyl (C=O) groups is 3. The van der Waals surface area contributed by atoms with E-state index in [2.05, 4.69) is 9.97 Å². The van der Waals surface area contributed by atoms with E-state index >= 15 is 0 Å². The minimum Gasteiger partial charge on any atom is -0.483 e. The summed E-state index contributed by atoms with van der Waals surface area (Å²) in [5.41, 5.74) is 0.856. The van der Waals surface area contributed by atoms with Crippen LogP contribution in [0, 0.1) is 12.8 Å². The number of rotatable bonds is 5. The Kier molecular flexibility index (Phi) is 9.27. The number of amides is 3. The first-order valence-electron chi connectivity index (χ1n) is 8.78. The number of aliphatic hydroxyl groups is 1. The number of likely N-dealkylation sites (tertiary alicyclic amines) is 1. The SMILES string of the molecule is Cc1ncc(CN(CCO)C(=O)C2CCN(C(=O)N(C)C)CC2)[nH]1.O=CO. The second-order valence-electron chi connectivity index (χ2n) is 6.52. The molecule has 1 aliphatic heterocycles. The standard InChI is InChI=1S/C16H27N5O3.CH2O2/c1-12-17-10-14(18-12)11-21(8-9-22)15(23)13-4-6-20(7-5-13)16(24)19(2)3;2-1-3/h10,13,22H,4-9,11H2,1-3H3,(H,17,18);1H,(H,2,3). The number of nitrogens with one attached hydrogen (secondary N) is 1. The zero-order chi connectivity index (χ0) is 20.4. The van der Waals surface area contributed by atoms with Gasteiger partial charge >= 0.3 is 6.03 Å².